The molecule has 2 aromatic carbocycles. The minimum absolute atomic E-state index is 0.248. The van der Waals surface area contributed by atoms with E-state index in [1.807, 2.05) is 30.3 Å². The molecule has 9 nitrogen and oxygen atoms in total. The number of para-hydroxylation sites is 1. The third kappa shape index (κ3) is 5.31. The Hall–Kier alpha value is -4.14. The zero-order valence-corrected chi connectivity index (χ0v) is 17.5. The SMILES string of the molecule is CCC/C=C/Oc1ccc(/C=C/C(=O)Nc2cccc3c2OC(c2nn[nH]n2)CO3)cc1. The minimum Gasteiger partial charge on any atom is -0.485 e. The van der Waals surface area contributed by atoms with Gasteiger partial charge in [0.1, 0.15) is 12.4 Å². The number of amides is 1. The molecule has 1 unspecified atom stereocenters. The van der Waals surface area contributed by atoms with Crippen molar-refractivity contribution >= 4 is 17.7 Å². The summed E-state index contributed by atoms with van der Waals surface area (Å²) in [5.74, 6) is 1.78. The summed E-state index contributed by atoms with van der Waals surface area (Å²) in [6.07, 6.45) is 8.40. The molecule has 0 bridgehead atoms. The van der Waals surface area contributed by atoms with Gasteiger partial charge in [0.25, 0.3) is 0 Å². The third-order valence-electron chi connectivity index (χ3n) is 4.60. The molecule has 9 heteroatoms. The number of hydrogen-bond donors (Lipinski definition) is 2. The molecule has 4 rings (SSSR count). The quantitative estimate of drug-likeness (QED) is 0.407. The monoisotopic (exact) mass is 433 g/mol. The molecule has 0 saturated carbocycles. The highest BCUT2D eigenvalue weighted by molar-refractivity contribution is 6.03. The number of H-pyrrole nitrogens is 1. The second-order valence-corrected chi connectivity index (χ2v) is 6.99. The van der Waals surface area contributed by atoms with Crippen LogP contribution in [-0.4, -0.2) is 33.1 Å². The summed E-state index contributed by atoms with van der Waals surface area (Å²) < 4.78 is 17.2. The summed E-state index contributed by atoms with van der Waals surface area (Å²) in [6, 6.07) is 12.8. The number of rotatable bonds is 8. The van der Waals surface area contributed by atoms with Crippen LogP contribution in [-0.2, 0) is 4.79 Å². The highest BCUT2D eigenvalue weighted by Crippen LogP contribution is 2.41. The van der Waals surface area contributed by atoms with Crippen LogP contribution >= 0.6 is 0 Å². The van der Waals surface area contributed by atoms with Gasteiger partial charge in [0.05, 0.1) is 11.9 Å². The van der Waals surface area contributed by atoms with Gasteiger partial charge in [-0.15, -0.1) is 10.2 Å². The highest BCUT2D eigenvalue weighted by atomic mass is 16.6. The number of benzene rings is 2. The lowest BCUT2D eigenvalue weighted by Crippen LogP contribution is -2.24. The molecule has 0 fully saturated rings. The van der Waals surface area contributed by atoms with Crippen molar-refractivity contribution in [2.75, 3.05) is 11.9 Å². The molecule has 0 saturated heterocycles. The van der Waals surface area contributed by atoms with E-state index in [4.69, 9.17) is 14.2 Å². The first-order chi connectivity index (χ1) is 15.7. The number of carbonyl (C=O) groups excluding carboxylic acids is 1. The topological polar surface area (TPSA) is 111 Å². The summed E-state index contributed by atoms with van der Waals surface area (Å²) in [5.41, 5.74) is 1.37. The summed E-state index contributed by atoms with van der Waals surface area (Å²) >= 11 is 0. The molecule has 2 N–H and O–H groups in total. The van der Waals surface area contributed by atoms with Gasteiger partial charge in [0.15, 0.2) is 17.6 Å². The fraction of sp³-hybridized carbons (Fsp3) is 0.217. The van der Waals surface area contributed by atoms with Crippen LogP contribution in [0.4, 0.5) is 5.69 Å². The van der Waals surface area contributed by atoms with E-state index in [0.717, 1.165) is 24.2 Å². The number of aromatic nitrogens is 4. The van der Waals surface area contributed by atoms with Crippen molar-refractivity contribution < 1.29 is 19.0 Å². The molecule has 1 aromatic heterocycles. The number of unbranched alkanes of at least 4 members (excludes halogenated alkanes) is 1. The van der Waals surface area contributed by atoms with Crippen LogP contribution < -0.4 is 19.5 Å². The Morgan fingerprint density at radius 2 is 2.16 bits per heavy atom. The van der Waals surface area contributed by atoms with Crippen LogP contribution in [0.2, 0.25) is 0 Å². The van der Waals surface area contributed by atoms with Crippen LogP contribution in [0.5, 0.6) is 17.2 Å². The second-order valence-electron chi connectivity index (χ2n) is 6.99. The van der Waals surface area contributed by atoms with E-state index in [-0.39, 0.29) is 12.5 Å². The van der Waals surface area contributed by atoms with E-state index < -0.39 is 6.10 Å². The number of carbonyl (C=O) groups is 1. The highest BCUT2D eigenvalue weighted by Gasteiger charge is 2.28. The third-order valence-corrected chi connectivity index (χ3v) is 4.60. The second kappa shape index (κ2) is 10.3. The van der Waals surface area contributed by atoms with Crippen molar-refractivity contribution in [3.8, 4) is 17.2 Å². The van der Waals surface area contributed by atoms with Crippen molar-refractivity contribution in [1.82, 2.24) is 20.6 Å². The van der Waals surface area contributed by atoms with Gasteiger partial charge < -0.3 is 19.5 Å². The van der Waals surface area contributed by atoms with Crippen LogP contribution in [0.15, 0.2) is 60.9 Å². The number of hydrogen-bond acceptors (Lipinski definition) is 7. The van der Waals surface area contributed by atoms with E-state index >= 15 is 0 Å². The van der Waals surface area contributed by atoms with Crippen LogP contribution in [0, 0.1) is 0 Å². The van der Waals surface area contributed by atoms with Gasteiger partial charge in [-0.3, -0.25) is 4.79 Å². The number of fused-ring (bicyclic) bond motifs is 1. The smallest absolute Gasteiger partial charge is 0.248 e. The average molecular weight is 433 g/mol. The van der Waals surface area contributed by atoms with E-state index in [2.05, 4.69) is 32.9 Å². The van der Waals surface area contributed by atoms with Gasteiger partial charge in [0, 0.05) is 6.08 Å². The van der Waals surface area contributed by atoms with E-state index in [9.17, 15) is 4.79 Å². The zero-order valence-electron chi connectivity index (χ0n) is 17.5. The molecular formula is C23H23N5O4. The fourth-order valence-corrected chi connectivity index (χ4v) is 2.99. The Kier molecular flexibility index (Phi) is 6.76. The van der Waals surface area contributed by atoms with Crippen molar-refractivity contribution in [3.05, 3.63) is 72.3 Å². The Labute approximate surface area is 185 Å². The Bertz CT molecular complexity index is 1090. The lowest BCUT2D eigenvalue weighted by Gasteiger charge is -2.26. The summed E-state index contributed by atoms with van der Waals surface area (Å²) in [6.45, 7) is 2.36. The number of nitrogens with zero attached hydrogens (tertiary/aromatic N) is 3. The molecule has 0 radical (unpaired) electrons. The number of anilines is 1. The molecule has 164 valence electrons. The molecule has 1 aliphatic heterocycles. The maximum atomic E-state index is 12.5. The van der Waals surface area contributed by atoms with Gasteiger partial charge in [-0.1, -0.05) is 36.8 Å². The largest absolute Gasteiger partial charge is 0.485 e. The lowest BCUT2D eigenvalue weighted by atomic mass is 10.2. The first-order valence-electron chi connectivity index (χ1n) is 10.3. The van der Waals surface area contributed by atoms with Gasteiger partial charge >= 0.3 is 0 Å². The molecule has 3 aromatic rings. The van der Waals surface area contributed by atoms with Crippen molar-refractivity contribution in [1.29, 1.82) is 0 Å². The molecule has 1 amide bonds. The van der Waals surface area contributed by atoms with Gasteiger partial charge in [-0.05, 0) is 48.4 Å². The van der Waals surface area contributed by atoms with Crippen molar-refractivity contribution in [2.45, 2.75) is 25.9 Å². The number of allylic oxidation sites excluding steroid dienone is 1. The summed E-state index contributed by atoms with van der Waals surface area (Å²) in [4.78, 5) is 12.5. The Balaban J connectivity index is 1.38. The molecule has 0 spiro atoms. The lowest BCUT2D eigenvalue weighted by molar-refractivity contribution is -0.111. The average Bonchev–Trinajstić information content (AvgIpc) is 3.36. The normalized spacial score (nSPS) is 15.2. The molecule has 0 aliphatic carbocycles. The van der Waals surface area contributed by atoms with E-state index in [1.165, 1.54) is 6.08 Å². The van der Waals surface area contributed by atoms with Crippen molar-refractivity contribution in [2.24, 2.45) is 0 Å². The first kappa shape index (κ1) is 21.1. The van der Waals surface area contributed by atoms with Crippen LogP contribution in [0.3, 0.4) is 0 Å². The van der Waals surface area contributed by atoms with Crippen LogP contribution in [0.25, 0.3) is 6.08 Å². The number of aromatic amines is 1. The molecule has 1 aliphatic rings. The molecular weight excluding hydrogens is 410 g/mol. The molecule has 2 heterocycles. The van der Waals surface area contributed by atoms with E-state index in [0.29, 0.717) is 23.0 Å². The minimum atomic E-state index is -0.521. The van der Waals surface area contributed by atoms with Gasteiger partial charge in [-0.25, -0.2) is 0 Å². The molecule has 1 atom stereocenters. The Morgan fingerprint density at radius 1 is 1.28 bits per heavy atom. The van der Waals surface area contributed by atoms with Gasteiger partial charge in [0.2, 0.25) is 11.7 Å². The predicted molar refractivity (Wildman–Crippen MR) is 118 cm³/mol. The Morgan fingerprint density at radius 3 is 2.94 bits per heavy atom. The zero-order chi connectivity index (χ0) is 22.2. The van der Waals surface area contributed by atoms with E-state index in [1.54, 1.807) is 30.5 Å². The predicted octanol–water partition coefficient (Wildman–Crippen LogP) is 4.06. The maximum Gasteiger partial charge on any atom is 0.248 e. The summed E-state index contributed by atoms with van der Waals surface area (Å²) in [5, 5.41) is 16.6. The standard InChI is InChI=1S/C23H23N5O4/c1-2-3-4-14-30-17-11-8-16(9-12-17)10-13-21(29)24-18-6-5-7-19-22(18)32-20(15-31-19)23-25-27-28-26-23/h4-14,20H,2-3,15H2,1H3,(H,24,29)(H,25,26,27,28)/b13-10+,14-4+. The molecule has 32 heavy (non-hydrogen) atoms. The van der Waals surface area contributed by atoms with Crippen LogP contribution in [0.1, 0.15) is 37.3 Å². The fourth-order valence-electron chi connectivity index (χ4n) is 2.99. The maximum absolute atomic E-state index is 12.5. The number of nitrogens with one attached hydrogen (secondary N) is 2. The summed E-state index contributed by atoms with van der Waals surface area (Å²) in [7, 11) is 0. The number of tetrazole rings is 1. The first-order valence-corrected chi connectivity index (χ1v) is 10.3. The number of ether oxygens (including phenoxy) is 3. The van der Waals surface area contributed by atoms with Crippen molar-refractivity contribution in [3.63, 3.8) is 0 Å². The van der Waals surface area contributed by atoms with Gasteiger partial charge in [-0.2, -0.15) is 5.21 Å².